The molecule has 9 nitrogen and oxygen atoms in total. The zero-order valence-corrected chi connectivity index (χ0v) is 43.7. The van der Waals surface area contributed by atoms with Crippen LogP contribution in [0.4, 0.5) is 0 Å². The summed E-state index contributed by atoms with van der Waals surface area (Å²) in [5.74, 6) is 0. The number of quaternary nitrogens is 1. The Morgan fingerprint density at radius 1 is 0.381 bits per heavy atom. The number of aliphatic hydroxyl groups is 1. The van der Waals surface area contributed by atoms with Crippen molar-refractivity contribution < 1.29 is 59.7 Å². The number of unbranched alkanes of at least 4 members (excludes halogenated alkanes) is 24. The Bertz CT molecular complexity index is 895. The molecule has 10 heteroatoms. The number of halogens is 1. The van der Waals surface area contributed by atoms with Crippen LogP contribution in [0.25, 0.3) is 0 Å². The summed E-state index contributed by atoms with van der Waals surface area (Å²) in [7, 11) is 4.54. The van der Waals surface area contributed by atoms with Crippen molar-refractivity contribution in [3.63, 3.8) is 0 Å². The second-order valence-electron chi connectivity index (χ2n) is 18.1. The van der Waals surface area contributed by atoms with Crippen LogP contribution >= 0.6 is 0 Å². The molecule has 1 unspecified atom stereocenters. The zero-order valence-electron chi connectivity index (χ0n) is 42.1. The first-order chi connectivity index (χ1) is 30.6. The largest absolute Gasteiger partial charge is 1.00 e. The smallest absolute Gasteiger partial charge is 0.130 e. The Kier molecular flexibility index (Phi) is 57.4. The molecule has 0 aliphatic rings. The van der Waals surface area contributed by atoms with Crippen LogP contribution in [-0.4, -0.2) is 135 Å². The molecule has 0 saturated heterocycles. The van der Waals surface area contributed by atoms with Crippen LogP contribution in [0.1, 0.15) is 194 Å². The molecule has 0 aromatic rings. The summed E-state index contributed by atoms with van der Waals surface area (Å²) in [6.45, 7) is 14.0. The molecule has 0 radical (unpaired) electrons. The maximum absolute atomic E-state index is 8.70. The molecule has 0 amide bonds. The van der Waals surface area contributed by atoms with E-state index in [9.17, 15) is 0 Å². The highest BCUT2D eigenvalue weighted by Gasteiger charge is 2.23. The summed E-state index contributed by atoms with van der Waals surface area (Å²) >= 11 is 0. The fraction of sp³-hybridized carbons (Fsp3) is 0.925. The van der Waals surface area contributed by atoms with Crippen LogP contribution in [0.5, 0.6) is 0 Å². The fourth-order valence-electron chi connectivity index (χ4n) is 7.42. The van der Waals surface area contributed by atoms with Gasteiger partial charge in [-0.1, -0.05) is 154 Å². The van der Waals surface area contributed by atoms with E-state index < -0.39 is 0 Å². The van der Waals surface area contributed by atoms with Gasteiger partial charge in [0.1, 0.15) is 19.2 Å². The van der Waals surface area contributed by atoms with Crippen LogP contribution in [0, 0.1) is 0 Å². The molecule has 0 aromatic carbocycles. The predicted molar refractivity (Wildman–Crippen MR) is 262 cm³/mol. The lowest BCUT2D eigenvalue weighted by molar-refractivity contribution is -0.894. The number of nitrogens with zero attached hydrogens (tertiary/aromatic N) is 1. The van der Waals surface area contributed by atoms with Crippen molar-refractivity contribution in [1.82, 2.24) is 0 Å². The summed E-state index contributed by atoms with van der Waals surface area (Å²) in [6.07, 6.45) is 46.7. The summed E-state index contributed by atoms with van der Waals surface area (Å²) in [5.41, 5.74) is 0. The van der Waals surface area contributed by atoms with E-state index in [1.54, 1.807) is 0 Å². The predicted octanol–water partition coefficient (Wildman–Crippen LogP) is 9.62. The van der Waals surface area contributed by atoms with Gasteiger partial charge in [-0.2, -0.15) is 0 Å². The fourth-order valence-corrected chi connectivity index (χ4v) is 7.42. The van der Waals surface area contributed by atoms with E-state index in [1.807, 2.05) is 0 Å². The molecule has 378 valence electrons. The quantitative estimate of drug-likeness (QED) is 0.0367. The summed E-state index contributed by atoms with van der Waals surface area (Å²) in [6, 6.07) is 0. The first kappa shape index (κ1) is 64.7. The van der Waals surface area contributed by atoms with Gasteiger partial charge in [0.05, 0.1) is 93.4 Å². The van der Waals surface area contributed by atoms with E-state index in [0.29, 0.717) is 72.7 Å². The molecular formula is C53H106BrNO8. The second kappa shape index (κ2) is 55.9. The van der Waals surface area contributed by atoms with Gasteiger partial charge in [0, 0.05) is 13.2 Å². The van der Waals surface area contributed by atoms with Crippen LogP contribution in [0.3, 0.4) is 0 Å². The summed E-state index contributed by atoms with van der Waals surface area (Å²) in [4.78, 5) is 0. The monoisotopic (exact) mass is 964 g/mol. The van der Waals surface area contributed by atoms with Gasteiger partial charge in [-0.3, -0.25) is 0 Å². The Balaban J connectivity index is 0. The van der Waals surface area contributed by atoms with Crippen LogP contribution in [-0.2, 0) is 33.2 Å². The van der Waals surface area contributed by atoms with Gasteiger partial charge in [0.2, 0.25) is 0 Å². The minimum atomic E-state index is 0. The third-order valence-corrected chi connectivity index (χ3v) is 11.4. The number of aliphatic hydroxyl groups excluding tert-OH is 1. The molecule has 1 N–H and O–H groups in total. The lowest BCUT2D eigenvalue weighted by atomic mass is 10.1. The van der Waals surface area contributed by atoms with E-state index in [0.717, 1.165) is 43.6 Å². The minimum absolute atomic E-state index is 0. The van der Waals surface area contributed by atoms with Crippen molar-refractivity contribution in [1.29, 1.82) is 0 Å². The molecular weight excluding hydrogens is 858 g/mol. The Morgan fingerprint density at radius 3 is 1.11 bits per heavy atom. The molecule has 63 heavy (non-hydrogen) atoms. The van der Waals surface area contributed by atoms with Gasteiger partial charge in [-0.05, 0) is 64.2 Å². The van der Waals surface area contributed by atoms with Crippen LogP contribution in [0.15, 0.2) is 24.3 Å². The first-order valence-corrected chi connectivity index (χ1v) is 26.4. The van der Waals surface area contributed by atoms with E-state index in [1.165, 1.54) is 167 Å². The van der Waals surface area contributed by atoms with Gasteiger partial charge in [0.15, 0.2) is 0 Å². The molecule has 0 aliphatic heterocycles. The highest BCUT2D eigenvalue weighted by atomic mass is 79.9. The highest BCUT2D eigenvalue weighted by molar-refractivity contribution is 4.82. The van der Waals surface area contributed by atoms with Gasteiger partial charge in [-0.25, -0.2) is 0 Å². The normalized spacial score (nSPS) is 12.6. The number of hydrogen-bond donors (Lipinski definition) is 1. The first-order valence-electron chi connectivity index (χ1n) is 26.4. The van der Waals surface area contributed by atoms with E-state index >= 15 is 0 Å². The molecule has 0 saturated carbocycles. The number of hydrogen-bond acceptors (Lipinski definition) is 8. The number of likely N-dealkylation sites (N-methyl/N-ethyl adjacent to an activating group) is 1. The molecule has 0 rings (SSSR count). The molecule has 0 heterocycles. The van der Waals surface area contributed by atoms with Crippen molar-refractivity contribution in [2.24, 2.45) is 0 Å². The minimum Gasteiger partial charge on any atom is -1.00 e. The molecule has 1 atom stereocenters. The maximum atomic E-state index is 8.70. The molecule has 0 aromatic heterocycles. The average molecular weight is 965 g/mol. The van der Waals surface area contributed by atoms with E-state index in [4.69, 9.17) is 38.3 Å². The molecule has 0 aliphatic carbocycles. The molecule has 0 spiro atoms. The number of ether oxygens (including phenoxy) is 7. The highest BCUT2D eigenvalue weighted by Crippen LogP contribution is 2.13. The SMILES string of the molecule is CCCCCCCCC=CCCCCCCCCOCC(C[N+](C)(C)CCOCCOCCOCCOCCOCCO)OCCCCCCCCC=CCCCCCCCC.[Br-]. The molecule has 0 fully saturated rings. The van der Waals surface area contributed by atoms with Crippen molar-refractivity contribution >= 4 is 0 Å². The topological polar surface area (TPSA) is 84.8 Å². The Labute approximate surface area is 401 Å². The number of rotatable bonds is 54. The summed E-state index contributed by atoms with van der Waals surface area (Å²) < 4.78 is 41.3. The zero-order chi connectivity index (χ0) is 45.0. The Hall–Kier alpha value is -0.400. The van der Waals surface area contributed by atoms with Gasteiger partial charge in [0.25, 0.3) is 0 Å². The second-order valence-corrected chi connectivity index (χ2v) is 18.1. The standard InChI is InChI=1S/C53H106NO8.BrH/c1-5-7-9-11-13-15-17-19-21-23-25-27-29-31-33-35-39-61-52-53(62-40-36-34-32-30-28-26-24-22-20-18-16-14-12-10-8-6-2)51-54(3,4)37-41-56-43-45-58-47-49-60-50-48-59-46-44-57-42-38-55;/h19-22,53,55H,5-18,23-52H2,1-4H3;1H/q+1;/p-1. The van der Waals surface area contributed by atoms with Crippen molar-refractivity contribution in [2.75, 3.05) is 120 Å². The molecule has 0 bridgehead atoms. The Morgan fingerprint density at radius 2 is 0.714 bits per heavy atom. The lowest BCUT2D eigenvalue weighted by Crippen LogP contribution is -3.00. The van der Waals surface area contributed by atoms with Gasteiger partial charge < -0.3 is 59.7 Å². The number of allylic oxidation sites excluding steroid dienone is 4. The van der Waals surface area contributed by atoms with Crippen LogP contribution < -0.4 is 17.0 Å². The maximum Gasteiger partial charge on any atom is 0.130 e. The van der Waals surface area contributed by atoms with Gasteiger partial charge >= 0.3 is 0 Å². The third-order valence-electron chi connectivity index (χ3n) is 11.4. The van der Waals surface area contributed by atoms with Crippen molar-refractivity contribution in [2.45, 2.75) is 200 Å². The van der Waals surface area contributed by atoms with Gasteiger partial charge in [-0.15, -0.1) is 0 Å². The lowest BCUT2D eigenvalue weighted by Gasteiger charge is -2.33. The van der Waals surface area contributed by atoms with Crippen molar-refractivity contribution in [3.8, 4) is 0 Å². The summed E-state index contributed by atoms with van der Waals surface area (Å²) in [5, 5.41) is 8.70. The van der Waals surface area contributed by atoms with E-state index in [-0.39, 0.29) is 29.7 Å². The van der Waals surface area contributed by atoms with Crippen LogP contribution in [0.2, 0.25) is 0 Å². The third kappa shape index (κ3) is 55.8. The van der Waals surface area contributed by atoms with Crippen molar-refractivity contribution in [3.05, 3.63) is 24.3 Å². The average Bonchev–Trinajstić information content (AvgIpc) is 3.26. The van der Waals surface area contributed by atoms with E-state index in [2.05, 4.69) is 52.2 Å².